The number of aromatic nitrogens is 2. The first-order valence-corrected chi connectivity index (χ1v) is 10.4. The van der Waals surface area contributed by atoms with Crippen LogP contribution in [0.15, 0.2) is 52.4 Å². The van der Waals surface area contributed by atoms with Gasteiger partial charge in [-0.25, -0.2) is 9.37 Å². The minimum Gasteiger partial charge on any atom is -0.310 e. The molecule has 1 amide bonds. The first-order valence-electron chi connectivity index (χ1n) is 8.99. The third-order valence-electron chi connectivity index (χ3n) is 4.90. The van der Waals surface area contributed by atoms with Crippen LogP contribution in [-0.4, -0.2) is 15.9 Å². The molecule has 1 unspecified atom stereocenters. The number of nitrogens with one attached hydrogen (secondary N) is 2. The molecule has 0 radical (unpaired) electrons. The van der Waals surface area contributed by atoms with Crippen molar-refractivity contribution >= 4 is 35.1 Å². The summed E-state index contributed by atoms with van der Waals surface area (Å²) in [5, 5.41) is 3.20. The Bertz CT molecular complexity index is 1140. The number of hydrogen-bond donors (Lipinski definition) is 2. The molecule has 1 aliphatic heterocycles. The number of anilines is 1. The molecule has 29 heavy (non-hydrogen) atoms. The second-order valence-corrected chi connectivity index (χ2v) is 8.16. The maximum atomic E-state index is 14.5. The van der Waals surface area contributed by atoms with E-state index in [0.29, 0.717) is 10.9 Å². The van der Waals surface area contributed by atoms with Crippen molar-refractivity contribution < 1.29 is 9.18 Å². The van der Waals surface area contributed by atoms with Gasteiger partial charge in [0.25, 0.3) is 5.56 Å². The molecule has 8 heteroatoms. The highest BCUT2D eigenvalue weighted by atomic mass is 35.5. The molecule has 0 saturated carbocycles. The van der Waals surface area contributed by atoms with Crippen molar-refractivity contribution in [2.45, 2.75) is 30.2 Å². The van der Waals surface area contributed by atoms with Gasteiger partial charge in [0, 0.05) is 28.7 Å². The molecule has 1 aliphatic rings. The van der Waals surface area contributed by atoms with Gasteiger partial charge in [-0.1, -0.05) is 53.7 Å². The Kier molecular flexibility index (Phi) is 5.43. The molecule has 0 fully saturated rings. The number of benzene rings is 2. The highest BCUT2D eigenvalue weighted by Crippen LogP contribution is 2.39. The Morgan fingerprint density at radius 3 is 2.72 bits per heavy atom. The fraction of sp³-hybridized carbons (Fsp3) is 0.190. The van der Waals surface area contributed by atoms with Gasteiger partial charge in [0.1, 0.15) is 11.6 Å². The SMILES string of the molecule is Cc1ccccc1CSc1nc2c(c(=O)[nH]1)C(c1c(F)cccc1Cl)CC(=O)N2. The third kappa shape index (κ3) is 3.93. The second-order valence-electron chi connectivity index (χ2n) is 6.79. The summed E-state index contributed by atoms with van der Waals surface area (Å²) in [6.45, 7) is 2.02. The van der Waals surface area contributed by atoms with Gasteiger partial charge in [0.05, 0.1) is 5.56 Å². The minimum atomic E-state index is -0.792. The van der Waals surface area contributed by atoms with Crippen LogP contribution >= 0.6 is 23.4 Å². The van der Waals surface area contributed by atoms with E-state index >= 15 is 0 Å². The number of fused-ring (bicyclic) bond motifs is 1. The lowest BCUT2D eigenvalue weighted by Gasteiger charge is -2.25. The van der Waals surface area contributed by atoms with E-state index in [4.69, 9.17) is 11.6 Å². The number of amides is 1. The van der Waals surface area contributed by atoms with Crippen molar-refractivity contribution in [2.75, 3.05) is 5.32 Å². The van der Waals surface area contributed by atoms with E-state index in [1.165, 1.54) is 23.9 Å². The highest BCUT2D eigenvalue weighted by molar-refractivity contribution is 7.98. The van der Waals surface area contributed by atoms with Gasteiger partial charge in [0.15, 0.2) is 5.16 Å². The molecule has 2 heterocycles. The Morgan fingerprint density at radius 2 is 1.97 bits per heavy atom. The minimum absolute atomic E-state index is 0.0753. The first-order chi connectivity index (χ1) is 13.9. The number of rotatable bonds is 4. The van der Waals surface area contributed by atoms with E-state index in [0.717, 1.165) is 11.1 Å². The number of aromatic amines is 1. The molecule has 2 aromatic carbocycles. The van der Waals surface area contributed by atoms with Crippen molar-refractivity contribution in [3.05, 3.63) is 85.9 Å². The van der Waals surface area contributed by atoms with Crippen molar-refractivity contribution in [3.8, 4) is 0 Å². The zero-order valence-corrected chi connectivity index (χ0v) is 17.0. The molecule has 0 saturated heterocycles. The summed E-state index contributed by atoms with van der Waals surface area (Å²) in [6.07, 6.45) is -0.0753. The molecule has 3 aromatic rings. The molecule has 148 valence electrons. The lowest BCUT2D eigenvalue weighted by atomic mass is 9.86. The van der Waals surface area contributed by atoms with Crippen molar-refractivity contribution in [2.24, 2.45) is 0 Å². The Morgan fingerprint density at radius 1 is 1.17 bits per heavy atom. The molecule has 5 nitrogen and oxygen atoms in total. The lowest BCUT2D eigenvalue weighted by Crippen LogP contribution is -2.31. The van der Waals surface area contributed by atoms with Crippen LogP contribution in [0.25, 0.3) is 0 Å². The summed E-state index contributed by atoms with van der Waals surface area (Å²) in [5.41, 5.74) is 2.21. The third-order valence-corrected chi connectivity index (χ3v) is 6.15. The van der Waals surface area contributed by atoms with Crippen molar-refractivity contribution in [3.63, 3.8) is 0 Å². The maximum Gasteiger partial charge on any atom is 0.257 e. The summed E-state index contributed by atoms with van der Waals surface area (Å²) in [5.74, 6) is -0.915. The Balaban J connectivity index is 1.71. The molecule has 1 aromatic heterocycles. The molecule has 1 atom stereocenters. The fourth-order valence-corrected chi connectivity index (χ4v) is 4.66. The number of nitrogens with zero attached hydrogens (tertiary/aromatic N) is 1. The molecule has 0 spiro atoms. The van der Waals surface area contributed by atoms with Gasteiger partial charge in [0.2, 0.25) is 5.91 Å². The number of H-pyrrole nitrogens is 1. The van der Waals surface area contributed by atoms with Gasteiger partial charge in [-0.05, 0) is 30.2 Å². The number of aryl methyl sites for hydroxylation is 1. The van der Waals surface area contributed by atoms with Gasteiger partial charge in [-0.3, -0.25) is 9.59 Å². The quantitative estimate of drug-likeness (QED) is 0.468. The van der Waals surface area contributed by atoms with E-state index in [2.05, 4.69) is 15.3 Å². The summed E-state index contributed by atoms with van der Waals surface area (Å²) in [7, 11) is 0. The van der Waals surface area contributed by atoms with Crippen LogP contribution in [0.1, 0.15) is 34.6 Å². The number of hydrogen-bond acceptors (Lipinski definition) is 4. The normalized spacial score (nSPS) is 15.7. The molecule has 2 N–H and O–H groups in total. The molecule has 0 bridgehead atoms. The summed E-state index contributed by atoms with van der Waals surface area (Å²) >= 11 is 7.55. The summed E-state index contributed by atoms with van der Waals surface area (Å²) in [4.78, 5) is 32.3. The predicted octanol–water partition coefficient (Wildman–Crippen LogP) is 4.64. The zero-order valence-electron chi connectivity index (χ0n) is 15.5. The van der Waals surface area contributed by atoms with E-state index in [-0.39, 0.29) is 34.3 Å². The molecule has 4 rings (SSSR count). The van der Waals surface area contributed by atoms with Gasteiger partial charge in [-0.15, -0.1) is 0 Å². The van der Waals surface area contributed by atoms with Crippen molar-refractivity contribution in [1.29, 1.82) is 0 Å². The van der Waals surface area contributed by atoms with Crippen LogP contribution in [0.5, 0.6) is 0 Å². The molecule has 0 aliphatic carbocycles. The van der Waals surface area contributed by atoms with Crippen LogP contribution < -0.4 is 10.9 Å². The number of carbonyl (C=O) groups is 1. The van der Waals surface area contributed by atoms with Crippen LogP contribution in [0.4, 0.5) is 10.2 Å². The first kappa shape index (κ1) is 19.7. The monoisotopic (exact) mass is 429 g/mol. The van der Waals surface area contributed by atoms with Crippen LogP contribution in [-0.2, 0) is 10.5 Å². The number of halogens is 2. The van der Waals surface area contributed by atoms with Crippen LogP contribution in [0.2, 0.25) is 5.02 Å². The van der Waals surface area contributed by atoms with E-state index < -0.39 is 17.3 Å². The smallest absolute Gasteiger partial charge is 0.257 e. The van der Waals surface area contributed by atoms with E-state index in [1.54, 1.807) is 6.07 Å². The van der Waals surface area contributed by atoms with E-state index in [9.17, 15) is 14.0 Å². The predicted molar refractivity (Wildman–Crippen MR) is 112 cm³/mol. The molecular weight excluding hydrogens is 413 g/mol. The van der Waals surface area contributed by atoms with Gasteiger partial charge in [-0.2, -0.15) is 0 Å². The average Bonchev–Trinajstić information content (AvgIpc) is 2.66. The molecular formula is C21H17ClFN3O2S. The van der Waals surface area contributed by atoms with E-state index in [1.807, 2.05) is 31.2 Å². The topological polar surface area (TPSA) is 74.8 Å². The maximum absolute atomic E-state index is 14.5. The average molecular weight is 430 g/mol. The number of thioether (sulfide) groups is 1. The lowest BCUT2D eigenvalue weighted by molar-refractivity contribution is -0.116. The van der Waals surface area contributed by atoms with Crippen LogP contribution in [0, 0.1) is 12.7 Å². The highest BCUT2D eigenvalue weighted by Gasteiger charge is 2.33. The Hall–Kier alpha value is -2.64. The summed E-state index contributed by atoms with van der Waals surface area (Å²) in [6, 6.07) is 12.2. The van der Waals surface area contributed by atoms with Gasteiger partial charge >= 0.3 is 0 Å². The Labute approximate surface area is 175 Å². The van der Waals surface area contributed by atoms with Crippen molar-refractivity contribution in [1.82, 2.24) is 9.97 Å². The summed E-state index contributed by atoms with van der Waals surface area (Å²) < 4.78 is 14.5. The fourth-order valence-electron chi connectivity index (χ4n) is 3.43. The second kappa shape index (κ2) is 8.00. The van der Waals surface area contributed by atoms with Crippen LogP contribution in [0.3, 0.4) is 0 Å². The standard InChI is InChI=1S/C21H17ClFN3O2S/c1-11-5-2-3-6-12(11)10-29-21-25-19-18(20(28)26-21)13(9-16(27)24-19)17-14(22)7-4-8-15(17)23/h2-8,13H,9-10H2,1H3,(H2,24,25,26,27,28). The number of carbonyl (C=O) groups excluding carboxylic acids is 1. The largest absolute Gasteiger partial charge is 0.310 e. The zero-order chi connectivity index (χ0) is 20.5. The van der Waals surface area contributed by atoms with Gasteiger partial charge < -0.3 is 10.3 Å².